The Bertz CT molecular complexity index is 733. The van der Waals surface area contributed by atoms with E-state index in [-0.39, 0.29) is 12.5 Å². The molecular weight excluding hydrogens is 376 g/mol. The Morgan fingerprint density at radius 1 is 1.00 bits per heavy atom. The van der Waals surface area contributed by atoms with Crippen LogP contribution in [0.2, 0.25) is 0 Å². The van der Waals surface area contributed by atoms with Gasteiger partial charge in [-0.3, -0.25) is 14.6 Å². The number of halogens is 2. The van der Waals surface area contributed by atoms with E-state index in [2.05, 4.69) is 9.80 Å². The fourth-order valence-electron chi connectivity index (χ4n) is 5.15. The van der Waals surface area contributed by atoms with E-state index in [1.165, 1.54) is 31.7 Å². The molecular formula is C22H31F2N3O2. The van der Waals surface area contributed by atoms with E-state index in [4.69, 9.17) is 0 Å². The Morgan fingerprint density at radius 3 is 2.41 bits per heavy atom. The zero-order valence-corrected chi connectivity index (χ0v) is 17.0. The first-order valence-corrected chi connectivity index (χ1v) is 10.9. The van der Waals surface area contributed by atoms with Gasteiger partial charge in [0.15, 0.2) is 17.2 Å². The maximum Gasteiger partial charge on any atom is 0.256 e. The summed E-state index contributed by atoms with van der Waals surface area (Å²) in [6.45, 7) is 4.79. The Balaban J connectivity index is 1.34. The quantitative estimate of drug-likeness (QED) is 0.814. The third-order valence-corrected chi connectivity index (χ3v) is 6.79. The molecule has 7 heteroatoms. The second kappa shape index (κ2) is 8.66. The number of hydrogen-bond donors (Lipinski definition) is 1. The van der Waals surface area contributed by atoms with Crippen LogP contribution in [0.15, 0.2) is 18.2 Å². The Hall–Kier alpha value is -1.57. The Labute approximate surface area is 171 Å². The maximum absolute atomic E-state index is 13.5. The molecule has 3 aliphatic rings. The molecule has 3 fully saturated rings. The SMILES string of the molecule is O=C1N(Cc2ccc(F)c(F)c2)CCCC1(O)CN1CCN(C2CCCC2)CC1. The van der Waals surface area contributed by atoms with Gasteiger partial charge in [0.2, 0.25) is 0 Å². The van der Waals surface area contributed by atoms with Crippen molar-refractivity contribution in [2.45, 2.75) is 56.7 Å². The largest absolute Gasteiger partial charge is 0.379 e. The number of benzene rings is 1. The number of piperidine rings is 1. The van der Waals surface area contributed by atoms with Crippen molar-refractivity contribution in [3.05, 3.63) is 35.4 Å². The predicted molar refractivity (Wildman–Crippen MR) is 106 cm³/mol. The highest BCUT2D eigenvalue weighted by molar-refractivity contribution is 5.86. The van der Waals surface area contributed by atoms with E-state index in [0.717, 1.165) is 38.3 Å². The van der Waals surface area contributed by atoms with Crippen LogP contribution in [0.25, 0.3) is 0 Å². The predicted octanol–water partition coefficient (Wildman–Crippen LogP) is 2.38. The number of likely N-dealkylation sites (tertiary alicyclic amines) is 1. The van der Waals surface area contributed by atoms with Crippen molar-refractivity contribution in [3.8, 4) is 0 Å². The Morgan fingerprint density at radius 2 is 1.72 bits per heavy atom. The van der Waals surface area contributed by atoms with Crippen molar-refractivity contribution in [1.82, 2.24) is 14.7 Å². The van der Waals surface area contributed by atoms with Crippen LogP contribution in [-0.4, -0.2) is 76.6 Å². The van der Waals surface area contributed by atoms with Gasteiger partial charge in [-0.05, 0) is 43.4 Å². The summed E-state index contributed by atoms with van der Waals surface area (Å²) in [6.07, 6.45) is 6.39. The van der Waals surface area contributed by atoms with E-state index in [1.54, 1.807) is 4.90 Å². The lowest BCUT2D eigenvalue weighted by Crippen LogP contribution is -2.60. The molecule has 1 aromatic rings. The normalized spacial score (nSPS) is 27.7. The van der Waals surface area contributed by atoms with E-state index < -0.39 is 17.2 Å². The summed E-state index contributed by atoms with van der Waals surface area (Å²) in [5, 5.41) is 11.1. The summed E-state index contributed by atoms with van der Waals surface area (Å²) >= 11 is 0. The number of hydrogen-bond acceptors (Lipinski definition) is 4. The van der Waals surface area contributed by atoms with Crippen LogP contribution in [0.4, 0.5) is 8.78 Å². The minimum absolute atomic E-state index is 0.188. The monoisotopic (exact) mass is 407 g/mol. The third kappa shape index (κ3) is 4.62. The summed E-state index contributed by atoms with van der Waals surface area (Å²) in [5.41, 5.74) is -0.863. The number of aliphatic hydroxyl groups is 1. The number of nitrogens with zero attached hydrogens (tertiary/aromatic N) is 3. The number of carbonyl (C=O) groups is 1. The van der Waals surface area contributed by atoms with Gasteiger partial charge in [-0.2, -0.15) is 0 Å². The molecule has 0 radical (unpaired) electrons. The summed E-state index contributed by atoms with van der Waals surface area (Å²) in [5.74, 6) is -2.11. The van der Waals surface area contributed by atoms with Crippen molar-refractivity contribution < 1.29 is 18.7 Å². The van der Waals surface area contributed by atoms with Crippen LogP contribution in [0, 0.1) is 11.6 Å². The van der Waals surface area contributed by atoms with Gasteiger partial charge in [-0.25, -0.2) is 8.78 Å². The third-order valence-electron chi connectivity index (χ3n) is 6.79. The fourth-order valence-corrected chi connectivity index (χ4v) is 5.15. The van der Waals surface area contributed by atoms with Gasteiger partial charge >= 0.3 is 0 Å². The summed E-state index contributed by atoms with van der Waals surface area (Å²) in [4.78, 5) is 19.4. The minimum atomic E-state index is -1.40. The van der Waals surface area contributed by atoms with Crippen molar-refractivity contribution in [3.63, 3.8) is 0 Å². The highest BCUT2D eigenvalue weighted by atomic mass is 19.2. The second-order valence-electron chi connectivity index (χ2n) is 8.86. The molecule has 2 saturated heterocycles. The van der Waals surface area contributed by atoms with Gasteiger partial charge < -0.3 is 10.0 Å². The van der Waals surface area contributed by atoms with E-state index in [0.29, 0.717) is 37.5 Å². The van der Waals surface area contributed by atoms with Gasteiger partial charge in [0.25, 0.3) is 5.91 Å². The molecule has 0 spiro atoms. The van der Waals surface area contributed by atoms with Gasteiger partial charge in [-0.1, -0.05) is 18.9 Å². The van der Waals surface area contributed by atoms with Crippen molar-refractivity contribution in [2.75, 3.05) is 39.3 Å². The van der Waals surface area contributed by atoms with Crippen molar-refractivity contribution in [2.24, 2.45) is 0 Å². The molecule has 1 amide bonds. The molecule has 29 heavy (non-hydrogen) atoms. The number of amides is 1. The molecule has 0 bridgehead atoms. The summed E-state index contributed by atoms with van der Waals surface area (Å²) in [7, 11) is 0. The van der Waals surface area contributed by atoms with Crippen LogP contribution in [-0.2, 0) is 11.3 Å². The van der Waals surface area contributed by atoms with Crippen LogP contribution in [0.3, 0.4) is 0 Å². The first kappa shape index (κ1) is 20.7. The Kier molecular flexibility index (Phi) is 6.18. The molecule has 2 heterocycles. The number of piperazine rings is 1. The van der Waals surface area contributed by atoms with Crippen LogP contribution in [0.5, 0.6) is 0 Å². The first-order chi connectivity index (χ1) is 13.9. The highest BCUT2D eigenvalue weighted by Crippen LogP contribution is 2.28. The lowest BCUT2D eigenvalue weighted by Gasteiger charge is -2.44. The minimum Gasteiger partial charge on any atom is -0.379 e. The molecule has 1 saturated carbocycles. The molecule has 1 aromatic carbocycles. The zero-order chi connectivity index (χ0) is 20.4. The van der Waals surface area contributed by atoms with Gasteiger partial charge in [0.05, 0.1) is 0 Å². The number of carbonyl (C=O) groups excluding carboxylic acids is 1. The number of rotatable bonds is 5. The fraction of sp³-hybridized carbons (Fsp3) is 0.682. The van der Waals surface area contributed by atoms with E-state index >= 15 is 0 Å². The molecule has 4 rings (SSSR count). The highest BCUT2D eigenvalue weighted by Gasteiger charge is 2.43. The van der Waals surface area contributed by atoms with E-state index in [9.17, 15) is 18.7 Å². The standard InChI is InChI=1S/C22H31F2N3O2/c23-19-7-6-17(14-20(19)24)15-27-9-3-8-22(29,21(27)28)16-25-10-12-26(13-11-25)18-4-1-2-5-18/h6-7,14,18,29H,1-5,8-13,15-16H2. The van der Waals surface area contributed by atoms with Crippen molar-refractivity contribution in [1.29, 1.82) is 0 Å². The molecule has 1 N–H and O–H groups in total. The second-order valence-corrected chi connectivity index (χ2v) is 8.86. The molecule has 1 aliphatic carbocycles. The lowest BCUT2D eigenvalue weighted by molar-refractivity contribution is -0.160. The zero-order valence-electron chi connectivity index (χ0n) is 17.0. The lowest BCUT2D eigenvalue weighted by atomic mass is 9.90. The molecule has 160 valence electrons. The molecule has 2 aliphatic heterocycles. The van der Waals surface area contributed by atoms with Crippen molar-refractivity contribution >= 4 is 5.91 Å². The average Bonchev–Trinajstić information content (AvgIpc) is 3.24. The summed E-state index contributed by atoms with van der Waals surface area (Å²) in [6, 6.07) is 4.40. The first-order valence-electron chi connectivity index (χ1n) is 10.9. The topological polar surface area (TPSA) is 47.0 Å². The molecule has 1 unspecified atom stereocenters. The van der Waals surface area contributed by atoms with Crippen LogP contribution in [0.1, 0.15) is 44.1 Å². The van der Waals surface area contributed by atoms with Gasteiger partial charge in [0, 0.05) is 51.9 Å². The van der Waals surface area contributed by atoms with Crippen LogP contribution >= 0.6 is 0 Å². The van der Waals surface area contributed by atoms with E-state index in [1.807, 2.05) is 0 Å². The van der Waals surface area contributed by atoms with Gasteiger partial charge in [-0.15, -0.1) is 0 Å². The smallest absolute Gasteiger partial charge is 0.256 e. The summed E-state index contributed by atoms with van der Waals surface area (Å²) < 4.78 is 26.7. The number of β-amino-alcohol motifs (C(OH)–C–C–N with tert-alkyl or cyclic N) is 1. The maximum atomic E-state index is 13.5. The van der Waals surface area contributed by atoms with Gasteiger partial charge in [0.1, 0.15) is 0 Å². The molecule has 1 atom stereocenters. The molecule has 0 aromatic heterocycles. The molecule has 5 nitrogen and oxygen atoms in total. The van der Waals surface area contributed by atoms with Crippen LogP contribution < -0.4 is 0 Å². The average molecular weight is 408 g/mol.